The van der Waals surface area contributed by atoms with E-state index in [0.717, 1.165) is 30.8 Å². The van der Waals surface area contributed by atoms with E-state index in [-0.39, 0.29) is 23.2 Å². The maximum absolute atomic E-state index is 13.4. The molecule has 3 heterocycles. The minimum atomic E-state index is -0.231. The maximum Gasteiger partial charge on any atom is 0.256 e. The molecule has 2 aromatic heterocycles. The van der Waals surface area contributed by atoms with Gasteiger partial charge in [0.05, 0.1) is 12.2 Å². The first-order chi connectivity index (χ1) is 16.3. The number of benzene rings is 2. The van der Waals surface area contributed by atoms with Gasteiger partial charge < -0.3 is 10.2 Å². The molecular formula is C27H28FN5O. The Kier molecular flexibility index (Phi) is 5.55. The molecular weight excluding hydrogens is 429 g/mol. The Morgan fingerprint density at radius 3 is 2.47 bits per heavy atom. The number of halogens is 1. The predicted octanol–water partition coefficient (Wildman–Crippen LogP) is 5.76. The van der Waals surface area contributed by atoms with Crippen molar-refractivity contribution in [3.63, 3.8) is 0 Å². The lowest BCUT2D eigenvalue weighted by atomic mass is 9.87. The molecule has 1 aliphatic heterocycles. The molecule has 0 bridgehead atoms. The van der Waals surface area contributed by atoms with Gasteiger partial charge in [-0.25, -0.2) is 13.9 Å². The molecule has 1 amide bonds. The third kappa shape index (κ3) is 4.38. The molecule has 0 saturated carbocycles. The SMILES string of the molecule is CC(C)(C)c1ccc(C(=O)Nc2cn3nc(N4CCCC4c4ccc(F)cc4)ccc3n2)cc1. The van der Waals surface area contributed by atoms with E-state index in [0.29, 0.717) is 17.0 Å². The summed E-state index contributed by atoms with van der Waals surface area (Å²) >= 11 is 0. The van der Waals surface area contributed by atoms with Crippen molar-refractivity contribution in [2.75, 3.05) is 16.8 Å². The van der Waals surface area contributed by atoms with Gasteiger partial charge in [0, 0.05) is 12.1 Å². The van der Waals surface area contributed by atoms with Gasteiger partial charge in [-0.1, -0.05) is 45.0 Å². The highest BCUT2D eigenvalue weighted by atomic mass is 19.1. The van der Waals surface area contributed by atoms with Gasteiger partial charge >= 0.3 is 0 Å². The molecule has 1 saturated heterocycles. The van der Waals surface area contributed by atoms with Crippen molar-refractivity contribution in [1.29, 1.82) is 0 Å². The number of hydrogen-bond donors (Lipinski definition) is 1. The molecule has 1 atom stereocenters. The number of carbonyl (C=O) groups is 1. The normalized spacial score (nSPS) is 16.2. The lowest BCUT2D eigenvalue weighted by Crippen LogP contribution is -2.24. The number of carbonyl (C=O) groups excluding carboxylic acids is 1. The number of amides is 1. The number of hydrogen-bond acceptors (Lipinski definition) is 4. The Hall–Kier alpha value is -3.74. The summed E-state index contributed by atoms with van der Waals surface area (Å²) in [6.45, 7) is 7.31. The van der Waals surface area contributed by atoms with Crippen molar-refractivity contribution in [1.82, 2.24) is 14.6 Å². The van der Waals surface area contributed by atoms with Crippen LogP contribution in [-0.2, 0) is 5.41 Å². The van der Waals surface area contributed by atoms with Crippen LogP contribution in [0, 0.1) is 5.82 Å². The summed E-state index contributed by atoms with van der Waals surface area (Å²) in [6.07, 6.45) is 3.76. The Balaban J connectivity index is 1.34. The highest BCUT2D eigenvalue weighted by Gasteiger charge is 2.27. The molecule has 7 heteroatoms. The number of aromatic nitrogens is 3. The van der Waals surface area contributed by atoms with Gasteiger partial charge in [0.1, 0.15) is 11.6 Å². The zero-order chi connectivity index (χ0) is 23.9. The molecule has 34 heavy (non-hydrogen) atoms. The summed E-state index contributed by atoms with van der Waals surface area (Å²) < 4.78 is 15.1. The molecule has 5 rings (SSSR count). The van der Waals surface area contributed by atoms with Crippen LogP contribution in [0.4, 0.5) is 16.0 Å². The standard InChI is InChI=1S/C27H28FN5O/c1-27(2,3)20-10-6-19(7-11-20)26(34)30-23-17-33-24(29-23)14-15-25(31-33)32-16-4-5-22(32)18-8-12-21(28)13-9-18/h6-15,17,22H,4-5,16H2,1-3H3,(H,30,34). The maximum atomic E-state index is 13.4. The van der Waals surface area contributed by atoms with Gasteiger partial charge in [-0.05, 0) is 65.8 Å². The van der Waals surface area contributed by atoms with Crippen molar-refractivity contribution >= 4 is 23.2 Å². The molecule has 0 spiro atoms. The second-order valence-electron chi connectivity index (χ2n) is 9.80. The van der Waals surface area contributed by atoms with Gasteiger partial charge in [0.2, 0.25) is 0 Å². The average Bonchev–Trinajstić information content (AvgIpc) is 3.45. The summed E-state index contributed by atoms with van der Waals surface area (Å²) in [4.78, 5) is 19.5. The lowest BCUT2D eigenvalue weighted by Gasteiger charge is -2.26. The van der Waals surface area contributed by atoms with E-state index in [4.69, 9.17) is 5.10 Å². The Bertz CT molecular complexity index is 1320. The molecule has 0 radical (unpaired) electrons. The largest absolute Gasteiger partial charge is 0.348 e. The topological polar surface area (TPSA) is 62.5 Å². The average molecular weight is 458 g/mol. The fraction of sp³-hybridized carbons (Fsp3) is 0.296. The quantitative estimate of drug-likeness (QED) is 0.423. The first-order valence-corrected chi connectivity index (χ1v) is 11.6. The van der Waals surface area contributed by atoms with E-state index in [1.54, 1.807) is 10.7 Å². The predicted molar refractivity (Wildman–Crippen MR) is 132 cm³/mol. The molecule has 0 aliphatic carbocycles. The van der Waals surface area contributed by atoms with E-state index in [1.165, 1.54) is 17.7 Å². The van der Waals surface area contributed by atoms with E-state index in [1.807, 2.05) is 48.5 Å². The number of fused-ring (bicyclic) bond motifs is 1. The highest BCUT2D eigenvalue weighted by Crippen LogP contribution is 2.35. The van der Waals surface area contributed by atoms with Gasteiger partial charge in [-0.15, -0.1) is 5.10 Å². The van der Waals surface area contributed by atoms with E-state index < -0.39 is 0 Å². The molecule has 1 fully saturated rings. The fourth-order valence-electron chi connectivity index (χ4n) is 4.47. The fourth-order valence-corrected chi connectivity index (χ4v) is 4.47. The van der Waals surface area contributed by atoms with Crippen LogP contribution in [0.25, 0.3) is 5.65 Å². The second-order valence-corrected chi connectivity index (χ2v) is 9.80. The Labute approximate surface area is 198 Å². The van der Waals surface area contributed by atoms with Crippen molar-refractivity contribution in [2.45, 2.75) is 45.1 Å². The summed E-state index contributed by atoms with van der Waals surface area (Å²) in [7, 11) is 0. The first-order valence-electron chi connectivity index (χ1n) is 11.6. The van der Waals surface area contributed by atoms with Gasteiger partial charge in [-0.2, -0.15) is 0 Å². The first kappa shape index (κ1) is 22.1. The highest BCUT2D eigenvalue weighted by molar-refractivity contribution is 6.03. The summed E-state index contributed by atoms with van der Waals surface area (Å²) in [5, 5.41) is 7.62. The number of rotatable bonds is 4. The zero-order valence-corrected chi connectivity index (χ0v) is 19.6. The Morgan fingerprint density at radius 1 is 1.03 bits per heavy atom. The van der Waals surface area contributed by atoms with Crippen LogP contribution in [0.2, 0.25) is 0 Å². The molecule has 174 valence electrons. The third-order valence-electron chi connectivity index (χ3n) is 6.36. The number of anilines is 2. The van der Waals surface area contributed by atoms with Crippen LogP contribution in [0.1, 0.15) is 61.1 Å². The monoisotopic (exact) mass is 457 g/mol. The van der Waals surface area contributed by atoms with Crippen LogP contribution in [0.5, 0.6) is 0 Å². The van der Waals surface area contributed by atoms with Crippen LogP contribution in [0.15, 0.2) is 66.9 Å². The second kappa shape index (κ2) is 8.56. The molecule has 1 unspecified atom stereocenters. The molecule has 1 N–H and O–H groups in total. The minimum Gasteiger partial charge on any atom is -0.348 e. The zero-order valence-electron chi connectivity index (χ0n) is 19.6. The lowest BCUT2D eigenvalue weighted by molar-refractivity contribution is 0.102. The smallest absolute Gasteiger partial charge is 0.256 e. The van der Waals surface area contributed by atoms with Crippen molar-refractivity contribution < 1.29 is 9.18 Å². The van der Waals surface area contributed by atoms with Gasteiger partial charge in [-0.3, -0.25) is 4.79 Å². The van der Waals surface area contributed by atoms with Crippen molar-refractivity contribution in [2.24, 2.45) is 0 Å². The molecule has 2 aromatic carbocycles. The van der Waals surface area contributed by atoms with Crippen LogP contribution >= 0.6 is 0 Å². The van der Waals surface area contributed by atoms with E-state index in [9.17, 15) is 9.18 Å². The molecule has 6 nitrogen and oxygen atoms in total. The molecule has 1 aliphatic rings. The minimum absolute atomic E-state index is 0.0328. The van der Waals surface area contributed by atoms with Crippen LogP contribution in [-0.4, -0.2) is 27.0 Å². The summed E-state index contributed by atoms with van der Waals surface area (Å²) in [5.74, 6) is 0.837. The summed E-state index contributed by atoms with van der Waals surface area (Å²) in [5.41, 5.74) is 3.52. The van der Waals surface area contributed by atoms with Gasteiger partial charge in [0.15, 0.2) is 11.5 Å². The van der Waals surface area contributed by atoms with Gasteiger partial charge in [0.25, 0.3) is 5.91 Å². The summed E-state index contributed by atoms with van der Waals surface area (Å²) in [6, 6.07) is 18.3. The van der Waals surface area contributed by atoms with Crippen molar-refractivity contribution in [3.8, 4) is 0 Å². The number of nitrogens with one attached hydrogen (secondary N) is 1. The Morgan fingerprint density at radius 2 is 1.76 bits per heavy atom. The van der Waals surface area contributed by atoms with E-state index >= 15 is 0 Å². The number of nitrogens with zero attached hydrogens (tertiary/aromatic N) is 4. The van der Waals surface area contributed by atoms with Crippen LogP contribution < -0.4 is 10.2 Å². The third-order valence-corrected chi connectivity index (χ3v) is 6.36. The number of imidazole rings is 1. The van der Waals surface area contributed by atoms with Crippen molar-refractivity contribution in [3.05, 3.63) is 89.4 Å². The van der Waals surface area contributed by atoms with Crippen LogP contribution in [0.3, 0.4) is 0 Å². The van der Waals surface area contributed by atoms with E-state index in [2.05, 4.69) is 36.0 Å². The molecule has 4 aromatic rings.